The van der Waals surface area contributed by atoms with E-state index in [0.29, 0.717) is 31.1 Å². The highest BCUT2D eigenvalue weighted by Gasteiger charge is 2.49. The van der Waals surface area contributed by atoms with E-state index >= 15 is 0 Å². The number of carbonyl (C=O) groups is 2. The first-order valence-corrected chi connectivity index (χ1v) is 10.5. The third kappa shape index (κ3) is 5.01. The normalized spacial score (nSPS) is 25.3. The summed E-state index contributed by atoms with van der Waals surface area (Å²) in [5.41, 5.74) is 0. The lowest BCUT2D eigenvalue weighted by Crippen LogP contribution is -2.57. The molecule has 0 saturated carbocycles. The number of anilines is 1. The van der Waals surface area contributed by atoms with Gasteiger partial charge in [0.05, 0.1) is 10.9 Å². The highest BCUT2D eigenvalue weighted by atomic mass is 35.5. The van der Waals surface area contributed by atoms with E-state index < -0.39 is 23.8 Å². The summed E-state index contributed by atoms with van der Waals surface area (Å²) in [6, 6.07) is 3.68. The zero-order valence-electron chi connectivity index (χ0n) is 17.7. The Bertz CT molecular complexity index is 753. The molecule has 1 aromatic heterocycles. The van der Waals surface area contributed by atoms with Crippen LogP contribution in [-0.4, -0.2) is 59.3 Å². The van der Waals surface area contributed by atoms with Gasteiger partial charge in [0.15, 0.2) is 6.10 Å². The predicted molar refractivity (Wildman–Crippen MR) is 111 cm³/mol. The number of carbonyl (C=O) groups excluding carboxylic acids is 2. The van der Waals surface area contributed by atoms with Crippen LogP contribution in [0.2, 0.25) is 5.02 Å². The molecule has 0 aliphatic carbocycles. The lowest BCUT2D eigenvalue weighted by atomic mass is 9.90. The van der Waals surface area contributed by atoms with Crippen molar-refractivity contribution in [3.63, 3.8) is 0 Å². The lowest BCUT2D eigenvalue weighted by molar-refractivity contribution is -0.163. The van der Waals surface area contributed by atoms with Crippen molar-refractivity contribution in [2.45, 2.75) is 59.0 Å². The number of halogens is 1. The van der Waals surface area contributed by atoms with Crippen LogP contribution < -0.4 is 4.90 Å². The Hall–Kier alpha value is -1.86. The van der Waals surface area contributed by atoms with Crippen molar-refractivity contribution < 1.29 is 19.1 Å². The van der Waals surface area contributed by atoms with E-state index in [-0.39, 0.29) is 17.9 Å². The van der Waals surface area contributed by atoms with Gasteiger partial charge >= 0.3 is 5.97 Å². The van der Waals surface area contributed by atoms with Gasteiger partial charge in [-0.3, -0.25) is 4.79 Å². The molecule has 0 spiro atoms. The molecule has 1 aromatic rings. The zero-order valence-corrected chi connectivity index (χ0v) is 18.5. The molecule has 2 aliphatic heterocycles. The van der Waals surface area contributed by atoms with Gasteiger partial charge in [0.2, 0.25) is 11.7 Å². The predicted octanol–water partition coefficient (Wildman–Crippen LogP) is 3.11. The van der Waals surface area contributed by atoms with Crippen LogP contribution in [0.15, 0.2) is 18.3 Å². The molecule has 1 amide bonds. The third-order valence-electron chi connectivity index (χ3n) is 5.34. The van der Waals surface area contributed by atoms with Crippen molar-refractivity contribution in [2.75, 3.05) is 24.5 Å². The van der Waals surface area contributed by atoms with E-state index in [4.69, 9.17) is 21.1 Å². The SMILES string of the molecule is CC(C)CC(C(=O)N1CCN(c2ccc(Cl)cn2)C[C@H]1C)[C@@H]1OC(C)(C)OC1=O. The second-order valence-electron chi connectivity index (χ2n) is 8.76. The number of piperazine rings is 1. The van der Waals surface area contributed by atoms with E-state index in [9.17, 15) is 9.59 Å². The number of hydrogen-bond acceptors (Lipinski definition) is 6. The maximum Gasteiger partial charge on any atom is 0.338 e. The first kappa shape index (κ1) is 21.8. The standard InChI is InChI=1S/C21H30ClN3O4/c1-13(2)10-16(18-20(27)29-21(4,5)28-18)19(26)25-9-8-24(12-14(25)3)17-7-6-15(22)11-23-17/h6-7,11,13-14,16,18H,8-10,12H2,1-5H3/t14-,16?,18+/m1/s1. The Labute approximate surface area is 177 Å². The maximum absolute atomic E-state index is 13.5. The molecule has 2 aliphatic rings. The molecular formula is C21H30ClN3O4. The number of pyridine rings is 1. The Morgan fingerprint density at radius 1 is 1.34 bits per heavy atom. The van der Waals surface area contributed by atoms with Crippen molar-refractivity contribution >= 4 is 29.3 Å². The summed E-state index contributed by atoms with van der Waals surface area (Å²) in [5.74, 6) is -0.954. The number of esters is 1. The number of hydrogen-bond donors (Lipinski definition) is 0. The lowest BCUT2D eigenvalue weighted by Gasteiger charge is -2.42. The van der Waals surface area contributed by atoms with E-state index in [1.54, 1.807) is 20.0 Å². The molecule has 2 fully saturated rings. The largest absolute Gasteiger partial charge is 0.432 e. The summed E-state index contributed by atoms with van der Waals surface area (Å²) >= 11 is 5.93. The average molecular weight is 424 g/mol. The fraction of sp³-hybridized carbons (Fsp3) is 0.667. The fourth-order valence-electron chi connectivity index (χ4n) is 4.05. The van der Waals surface area contributed by atoms with Gasteiger partial charge < -0.3 is 19.3 Å². The van der Waals surface area contributed by atoms with Crippen LogP contribution in [0.1, 0.15) is 41.0 Å². The minimum absolute atomic E-state index is 0.0196. The minimum atomic E-state index is -0.998. The van der Waals surface area contributed by atoms with Gasteiger partial charge in [-0.2, -0.15) is 0 Å². The molecule has 29 heavy (non-hydrogen) atoms. The molecule has 7 nitrogen and oxygen atoms in total. The van der Waals surface area contributed by atoms with Gasteiger partial charge in [-0.05, 0) is 31.4 Å². The Balaban J connectivity index is 1.73. The number of cyclic esters (lactones) is 1. The van der Waals surface area contributed by atoms with Crippen LogP contribution in [0.3, 0.4) is 0 Å². The van der Waals surface area contributed by atoms with Gasteiger partial charge in [-0.15, -0.1) is 0 Å². The monoisotopic (exact) mass is 423 g/mol. The smallest absolute Gasteiger partial charge is 0.338 e. The highest BCUT2D eigenvalue weighted by molar-refractivity contribution is 6.30. The number of aromatic nitrogens is 1. The molecule has 2 saturated heterocycles. The van der Waals surface area contributed by atoms with Crippen molar-refractivity contribution in [3.8, 4) is 0 Å². The summed E-state index contributed by atoms with van der Waals surface area (Å²) in [6.45, 7) is 11.4. The number of amides is 1. The summed E-state index contributed by atoms with van der Waals surface area (Å²) in [7, 11) is 0. The molecule has 0 N–H and O–H groups in total. The summed E-state index contributed by atoms with van der Waals surface area (Å²) < 4.78 is 11.1. The highest BCUT2D eigenvalue weighted by Crippen LogP contribution is 2.33. The van der Waals surface area contributed by atoms with Gasteiger partial charge in [-0.25, -0.2) is 9.78 Å². The topological polar surface area (TPSA) is 72.0 Å². The molecular weight excluding hydrogens is 394 g/mol. The minimum Gasteiger partial charge on any atom is -0.432 e. The zero-order chi connectivity index (χ0) is 21.3. The van der Waals surface area contributed by atoms with Crippen molar-refractivity contribution in [1.29, 1.82) is 0 Å². The molecule has 3 atom stereocenters. The molecule has 0 radical (unpaired) electrons. The number of nitrogens with zero attached hydrogens (tertiary/aromatic N) is 3. The fourth-order valence-corrected chi connectivity index (χ4v) is 4.16. The van der Waals surface area contributed by atoms with Crippen molar-refractivity contribution in [2.24, 2.45) is 11.8 Å². The molecule has 3 rings (SSSR count). The van der Waals surface area contributed by atoms with Crippen LogP contribution in [0.4, 0.5) is 5.82 Å². The Morgan fingerprint density at radius 3 is 2.59 bits per heavy atom. The Morgan fingerprint density at radius 2 is 2.07 bits per heavy atom. The van der Waals surface area contributed by atoms with Gasteiger partial charge in [0.1, 0.15) is 5.82 Å². The van der Waals surface area contributed by atoms with Crippen molar-refractivity contribution in [3.05, 3.63) is 23.4 Å². The molecule has 3 heterocycles. The average Bonchev–Trinajstić information content (AvgIpc) is 2.91. The molecule has 1 unspecified atom stereocenters. The van der Waals surface area contributed by atoms with Crippen molar-refractivity contribution in [1.82, 2.24) is 9.88 Å². The second-order valence-corrected chi connectivity index (χ2v) is 9.19. The van der Waals surface area contributed by atoms with Crippen LogP contribution in [0.5, 0.6) is 0 Å². The van der Waals surface area contributed by atoms with E-state index in [1.165, 1.54) is 0 Å². The number of ether oxygens (including phenoxy) is 2. The third-order valence-corrected chi connectivity index (χ3v) is 5.57. The van der Waals surface area contributed by atoms with Crippen LogP contribution in [0.25, 0.3) is 0 Å². The first-order valence-electron chi connectivity index (χ1n) is 10.1. The summed E-state index contributed by atoms with van der Waals surface area (Å²) in [4.78, 5) is 34.2. The Kier molecular flexibility index (Phi) is 6.39. The van der Waals surface area contributed by atoms with E-state index in [0.717, 1.165) is 5.82 Å². The summed E-state index contributed by atoms with van der Waals surface area (Å²) in [6.07, 6.45) is 1.34. The molecule has 160 valence electrons. The molecule has 0 aromatic carbocycles. The number of rotatable bonds is 5. The van der Waals surface area contributed by atoms with Crippen LogP contribution >= 0.6 is 11.6 Å². The summed E-state index contributed by atoms with van der Waals surface area (Å²) in [5, 5.41) is 0.596. The maximum atomic E-state index is 13.5. The van der Waals surface area contributed by atoms with E-state index in [1.807, 2.05) is 37.8 Å². The van der Waals surface area contributed by atoms with Crippen LogP contribution in [0, 0.1) is 11.8 Å². The second kappa shape index (κ2) is 8.48. The molecule has 8 heteroatoms. The van der Waals surface area contributed by atoms with E-state index in [2.05, 4.69) is 9.88 Å². The first-order chi connectivity index (χ1) is 13.6. The molecule has 0 bridgehead atoms. The van der Waals surface area contributed by atoms with Gasteiger partial charge in [-0.1, -0.05) is 25.4 Å². The van der Waals surface area contributed by atoms with Gasteiger partial charge in [0.25, 0.3) is 0 Å². The van der Waals surface area contributed by atoms with Gasteiger partial charge in [0, 0.05) is 45.7 Å². The van der Waals surface area contributed by atoms with Crippen LogP contribution in [-0.2, 0) is 19.1 Å². The quantitative estimate of drug-likeness (QED) is 0.677.